The summed E-state index contributed by atoms with van der Waals surface area (Å²) in [5.41, 5.74) is 11.7. The van der Waals surface area contributed by atoms with E-state index in [1.165, 1.54) is 6.07 Å². The number of hydrogen-bond donors (Lipinski definition) is 2. The maximum Gasteiger partial charge on any atom is 0.169 e. The van der Waals surface area contributed by atoms with Crippen LogP contribution in [0.1, 0.15) is 13.3 Å². The van der Waals surface area contributed by atoms with Crippen molar-refractivity contribution in [2.24, 2.45) is 0 Å². The molecule has 1 unspecified atom stereocenters. The molecule has 0 spiro atoms. The van der Waals surface area contributed by atoms with Crippen LogP contribution in [0.15, 0.2) is 6.07 Å². The summed E-state index contributed by atoms with van der Waals surface area (Å²) in [6.45, 7) is 1.80. The summed E-state index contributed by atoms with van der Waals surface area (Å²) in [6, 6.07) is 3.26. The summed E-state index contributed by atoms with van der Waals surface area (Å²) in [4.78, 5) is 1.58. The number of anilines is 3. The van der Waals surface area contributed by atoms with Gasteiger partial charge in [0.1, 0.15) is 5.02 Å². The van der Waals surface area contributed by atoms with E-state index in [2.05, 4.69) is 0 Å². The van der Waals surface area contributed by atoms with Gasteiger partial charge in [0.15, 0.2) is 5.82 Å². The number of nitrogens with zero attached hydrogens (tertiary/aromatic N) is 2. The monoisotopic (exact) mass is 256 g/mol. The lowest BCUT2D eigenvalue weighted by molar-refractivity contribution is 0.609. The number of hydrogen-bond acceptors (Lipinski definition) is 4. The average Bonchev–Trinajstić information content (AvgIpc) is 2.26. The lowest BCUT2D eigenvalue weighted by atomic mass is 10.1. The number of halogens is 2. The van der Waals surface area contributed by atoms with Crippen molar-refractivity contribution in [1.29, 1.82) is 5.26 Å². The van der Waals surface area contributed by atoms with Crippen LogP contribution in [0.4, 0.5) is 21.5 Å². The minimum atomic E-state index is -0.656. The molecule has 0 aliphatic heterocycles. The van der Waals surface area contributed by atoms with Gasteiger partial charge in [0.25, 0.3) is 0 Å². The molecule has 1 aromatic carbocycles. The Morgan fingerprint density at radius 1 is 1.53 bits per heavy atom. The molecule has 0 saturated heterocycles. The molecule has 1 aromatic rings. The maximum absolute atomic E-state index is 14.0. The molecule has 6 heteroatoms. The third-order valence-corrected chi connectivity index (χ3v) is 3.02. The van der Waals surface area contributed by atoms with Gasteiger partial charge in [0.2, 0.25) is 0 Å². The predicted octanol–water partition coefficient (Wildman–Crippen LogP) is 2.38. The Labute approximate surface area is 105 Å². The van der Waals surface area contributed by atoms with Crippen LogP contribution < -0.4 is 16.4 Å². The standard InChI is InChI=1S/C11H14ClFN4/c1-6(3-4-14)17(2)11-8(16)5-7(15)9(12)10(11)13/h5-6H,3,15-16H2,1-2H3. The highest BCUT2D eigenvalue weighted by atomic mass is 35.5. The van der Waals surface area contributed by atoms with E-state index in [0.717, 1.165) is 0 Å². The third kappa shape index (κ3) is 2.53. The summed E-state index contributed by atoms with van der Waals surface area (Å²) in [7, 11) is 1.66. The van der Waals surface area contributed by atoms with Crippen LogP contribution in [0.2, 0.25) is 5.02 Å². The van der Waals surface area contributed by atoms with Gasteiger partial charge in [0.05, 0.1) is 29.6 Å². The van der Waals surface area contributed by atoms with Gasteiger partial charge in [-0.25, -0.2) is 4.39 Å². The Kier molecular flexibility index (Phi) is 4.02. The Morgan fingerprint density at radius 2 is 2.12 bits per heavy atom. The van der Waals surface area contributed by atoms with Crippen molar-refractivity contribution in [3.8, 4) is 6.07 Å². The SMILES string of the molecule is CC(CC#N)N(C)c1c(N)cc(N)c(Cl)c1F. The topological polar surface area (TPSA) is 79.1 Å². The summed E-state index contributed by atoms with van der Waals surface area (Å²) in [5.74, 6) is -0.656. The van der Waals surface area contributed by atoms with Crippen LogP contribution in [0, 0.1) is 17.1 Å². The van der Waals surface area contributed by atoms with Crippen LogP contribution >= 0.6 is 11.6 Å². The molecule has 92 valence electrons. The fourth-order valence-corrected chi connectivity index (χ4v) is 1.65. The average molecular weight is 257 g/mol. The van der Waals surface area contributed by atoms with Gasteiger partial charge < -0.3 is 16.4 Å². The highest BCUT2D eigenvalue weighted by Crippen LogP contribution is 2.36. The first-order chi connectivity index (χ1) is 7.90. The molecule has 0 aliphatic carbocycles. The number of nitrogen functional groups attached to an aromatic ring is 2. The largest absolute Gasteiger partial charge is 0.397 e. The van der Waals surface area contributed by atoms with Crippen molar-refractivity contribution in [3.05, 3.63) is 16.9 Å². The highest BCUT2D eigenvalue weighted by Gasteiger charge is 2.20. The lowest BCUT2D eigenvalue weighted by Gasteiger charge is -2.27. The fraction of sp³-hybridized carbons (Fsp3) is 0.364. The van der Waals surface area contributed by atoms with Gasteiger partial charge in [-0.1, -0.05) is 11.6 Å². The first-order valence-corrected chi connectivity index (χ1v) is 5.40. The summed E-state index contributed by atoms with van der Waals surface area (Å²) in [5, 5.41) is 8.47. The van der Waals surface area contributed by atoms with Gasteiger partial charge in [-0.05, 0) is 13.0 Å². The molecular weight excluding hydrogens is 243 g/mol. The van der Waals surface area contributed by atoms with Gasteiger partial charge >= 0.3 is 0 Å². The number of benzene rings is 1. The van der Waals surface area contributed by atoms with Crippen molar-refractivity contribution in [1.82, 2.24) is 0 Å². The zero-order chi connectivity index (χ0) is 13.2. The van der Waals surface area contributed by atoms with E-state index in [1.54, 1.807) is 18.9 Å². The normalized spacial score (nSPS) is 11.9. The molecular formula is C11H14ClFN4. The molecule has 0 heterocycles. The molecule has 0 bridgehead atoms. The van der Waals surface area contributed by atoms with E-state index >= 15 is 0 Å². The highest BCUT2D eigenvalue weighted by molar-refractivity contribution is 6.33. The molecule has 0 amide bonds. The van der Waals surface area contributed by atoms with Crippen molar-refractivity contribution in [2.45, 2.75) is 19.4 Å². The molecule has 0 aromatic heterocycles. The minimum absolute atomic E-state index is 0.103. The zero-order valence-electron chi connectivity index (χ0n) is 9.67. The van der Waals surface area contributed by atoms with Gasteiger partial charge in [0, 0.05) is 13.1 Å². The van der Waals surface area contributed by atoms with Crippen molar-refractivity contribution in [3.63, 3.8) is 0 Å². The van der Waals surface area contributed by atoms with E-state index in [-0.39, 0.29) is 34.5 Å². The second-order valence-corrected chi connectivity index (χ2v) is 4.23. The molecule has 0 saturated carbocycles. The Bertz CT molecular complexity index is 470. The quantitative estimate of drug-likeness (QED) is 0.814. The van der Waals surface area contributed by atoms with E-state index in [1.807, 2.05) is 6.07 Å². The Balaban J connectivity index is 3.23. The molecule has 17 heavy (non-hydrogen) atoms. The predicted molar refractivity (Wildman–Crippen MR) is 68.3 cm³/mol. The minimum Gasteiger partial charge on any atom is -0.397 e. The molecule has 0 radical (unpaired) electrons. The second-order valence-electron chi connectivity index (χ2n) is 3.85. The number of rotatable bonds is 3. The maximum atomic E-state index is 14.0. The van der Waals surface area contributed by atoms with Crippen LogP contribution in [0.5, 0.6) is 0 Å². The van der Waals surface area contributed by atoms with E-state index in [0.29, 0.717) is 0 Å². The smallest absolute Gasteiger partial charge is 0.169 e. The van der Waals surface area contributed by atoms with Crippen LogP contribution in [-0.2, 0) is 0 Å². The Morgan fingerprint density at radius 3 is 2.65 bits per heavy atom. The fourth-order valence-electron chi connectivity index (χ4n) is 1.50. The van der Waals surface area contributed by atoms with Crippen molar-refractivity contribution < 1.29 is 4.39 Å². The van der Waals surface area contributed by atoms with Crippen LogP contribution in [0.25, 0.3) is 0 Å². The van der Waals surface area contributed by atoms with Crippen LogP contribution in [0.3, 0.4) is 0 Å². The molecule has 4 N–H and O–H groups in total. The van der Waals surface area contributed by atoms with Gasteiger partial charge in [-0.2, -0.15) is 5.26 Å². The summed E-state index contributed by atoms with van der Waals surface area (Å²) in [6.07, 6.45) is 0.261. The molecule has 4 nitrogen and oxygen atoms in total. The zero-order valence-corrected chi connectivity index (χ0v) is 10.4. The van der Waals surface area contributed by atoms with Crippen LogP contribution in [-0.4, -0.2) is 13.1 Å². The summed E-state index contributed by atoms with van der Waals surface area (Å²) < 4.78 is 14.0. The third-order valence-electron chi connectivity index (χ3n) is 2.64. The molecule has 0 fully saturated rings. The van der Waals surface area contributed by atoms with Gasteiger partial charge in [-0.3, -0.25) is 0 Å². The number of nitriles is 1. The molecule has 1 atom stereocenters. The van der Waals surface area contributed by atoms with Crippen molar-refractivity contribution >= 4 is 28.7 Å². The first kappa shape index (κ1) is 13.4. The van der Waals surface area contributed by atoms with Crippen molar-refractivity contribution in [2.75, 3.05) is 23.4 Å². The lowest BCUT2D eigenvalue weighted by Crippen LogP contribution is -2.30. The van der Waals surface area contributed by atoms with E-state index < -0.39 is 5.82 Å². The first-order valence-electron chi connectivity index (χ1n) is 5.02. The van der Waals surface area contributed by atoms with Gasteiger partial charge in [-0.15, -0.1) is 0 Å². The van der Waals surface area contributed by atoms with E-state index in [4.69, 9.17) is 28.3 Å². The molecule has 1 rings (SSSR count). The Hall–Kier alpha value is -1.67. The summed E-state index contributed by atoms with van der Waals surface area (Å²) >= 11 is 5.73. The molecule has 0 aliphatic rings. The second kappa shape index (κ2) is 5.11. The van der Waals surface area contributed by atoms with E-state index in [9.17, 15) is 4.39 Å². The number of nitrogens with two attached hydrogens (primary N) is 2.